The van der Waals surface area contributed by atoms with Crippen LogP contribution in [0.15, 0.2) is 30.3 Å². The van der Waals surface area contributed by atoms with Crippen molar-refractivity contribution in [3.05, 3.63) is 35.9 Å². The summed E-state index contributed by atoms with van der Waals surface area (Å²) in [7, 11) is 1.74. The van der Waals surface area contributed by atoms with Crippen LogP contribution in [0.4, 0.5) is 0 Å². The molecule has 23 heavy (non-hydrogen) atoms. The van der Waals surface area contributed by atoms with Gasteiger partial charge in [0.1, 0.15) is 0 Å². The number of nitrogens with one attached hydrogen (secondary N) is 2. The number of piperidine rings is 1. The quantitative estimate of drug-likeness (QED) is 0.812. The van der Waals surface area contributed by atoms with Gasteiger partial charge in [0.25, 0.3) is 0 Å². The van der Waals surface area contributed by atoms with Gasteiger partial charge in [-0.25, -0.2) is 0 Å². The Morgan fingerprint density at radius 1 is 1.26 bits per heavy atom. The van der Waals surface area contributed by atoms with Crippen LogP contribution >= 0.6 is 0 Å². The van der Waals surface area contributed by atoms with Crippen molar-refractivity contribution in [3.63, 3.8) is 0 Å². The normalized spacial score (nSPS) is 18.6. The average Bonchev–Trinajstić information content (AvgIpc) is 2.55. The van der Waals surface area contributed by atoms with E-state index in [9.17, 15) is 4.79 Å². The molecule has 1 aliphatic rings. The lowest BCUT2D eigenvalue weighted by atomic mass is 9.79. The summed E-state index contributed by atoms with van der Waals surface area (Å²) in [6, 6.07) is 10.1. The molecular formula is C19H30N2O2. The molecule has 2 N–H and O–H groups in total. The molecule has 0 saturated carbocycles. The molecule has 128 valence electrons. The van der Waals surface area contributed by atoms with Crippen molar-refractivity contribution in [2.75, 3.05) is 33.4 Å². The highest BCUT2D eigenvalue weighted by Crippen LogP contribution is 2.29. The summed E-state index contributed by atoms with van der Waals surface area (Å²) in [6.07, 6.45) is 2.08. The highest BCUT2D eigenvalue weighted by molar-refractivity contribution is 5.83. The van der Waals surface area contributed by atoms with Crippen LogP contribution in [-0.4, -0.2) is 39.3 Å². The van der Waals surface area contributed by atoms with E-state index in [1.165, 1.54) is 0 Å². The zero-order valence-corrected chi connectivity index (χ0v) is 14.6. The summed E-state index contributed by atoms with van der Waals surface area (Å²) >= 11 is 0. The molecule has 0 radical (unpaired) electrons. The fourth-order valence-corrected chi connectivity index (χ4v) is 3.52. The number of carbonyl (C=O) groups is 1. The topological polar surface area (TPSA) is 50.4 Å². The first-order valence-corrected chi connectivity index (χ1v) is 8.60. The molecule has 1 heterocycles. The van der Waals surface area contributed by atoms with E-state index in [1.807, 2.05) is 30.3 Å². The SMILES string of the molecule is COCC1(CNC(=O)C(c2ccccc2)C(C)C)CCNCC1. The van der Waals surface area contributed by atoms with Gasteiger partial charge >= 0.3 is 0 Å². The Bertz CT molecular complexity index is 476. The Kier molecular flexibility index (Phi) is 6.60. The Morgan fingerprint density at radius 3 is 2.48 bits per heavy atom. The van der Waals surface area contributed by atoms with Gasteiger partial charge in [-0.15, -0.1) is 0 Å². The lowest BCUT2D eigenvalue weighted by molar-refractivity contribution is -0.124. The van der Waals surface area contributed by atoms with Gasteiger partial charge in [-0.2, -0.15) is 0 Å². The minimum absolute atomic E-state index is 0.0634. The van der Waals surface area contributed by atoms with Gasteiger partial charge in [-0.3, -0.25) is 4.79 Å². The van der Waals surface area contributed by atoms with E-state index in [1.54, 1.807) is 7.11 Å². The Labute approximate surface area is 140 Å². The minimum Gasteiger partial charge on any atom is -0.384 e. The third-order valence-corrected chi connectivity index (χ3v) is 4.86. The third-order valence-electron chi connectivity index (χ3n) is 4.86. The van der Waals surface area contributed by atoms with Crippen LogP contribution in [0.1, 0.15) is 38.2 Å². The number of hydrogen-bond donors (Lipinski definition) is 2. The van der Waals surface area contributed by atoms with Crippen LogP contribution in [-0.2, 0) is 9.53 Å². The third kappa shape index (κ3) is 4.79. The van der Waals surface area contributed by atoms with Crippen LogP contribution in [0.2, 0.25) is 0 Å². The molecule has 1 aromatic carbocycles. The first-order chi connectivity index (χ1) is 11.1. The van der Waals surface area contributed by atoms with Crippen LogP contribution in [0, 0.1) is 11.3 Å². The van der Waals surface area contributed by atoms with Gasteiger partial charge in [-0.05, 0) is 37.4 Å². The molecule has 1 amide bonds. The summed E-state index contributed by atoms with van der Waals surface area (Å²) in [5, 5.41) is 6.60. The Balaban J connectivity index is 2.03. The van der Waals surface area contributed by atoms with Gasteiger partial charge in [0.2, 0.25) is 5.91 Å². The first-order valence-electron chi connectivity index (χ1n) is 8.60. The highest BCUT2D eigenvalue weighted by atomic mass is 16.5. The van der Waals surface area contributed by atoms with E-state index in [4.69, 9.17) is 4.74 Å². The number of ether oxygens (including phenoxy) is 1. The molecule has 2 rings (SSSR count). The Hall–Kier alpha value is -1.39. The van der Waals surface area contributed by atoms with Crippen LogP contribution in [0.25, 0.3) is 0 Å². The lowest BCUT2D eigenvalue weighted by Crippen LogP contribution is -2.48. The molecule has 0 bridgehead atoms. The van der Waals surface area contributed by atoms with E-state index in [0.717, 1.165) is 31.5 Å². The second kappa shape index (κ2) is 8.46. The van der Waals surface area contributed by atoms with Crippen molar-refractivity contribution in [2.45, 2.75) is 32.6 Å². The fourth-order valence-electron chi connectivity index (χ4n) is 3.52. The van der Waals surface area contributed by atoms with Gasteiger partial charge in [0, 0.05) is 19.1 Å². The smallest absolute Gasteiger partial charge is 0.227 e. The summed E-state index contributed by atoms with van der Waals surface area (Å²) in [5.41, 5.74) is 1.15. The summed E-state index contributed by atoms with van der Waals surface area (Å²) in [4.78, 5) is 12.8. The zero-order chi connectivity index (χ0) is 16.7. The molecule has 1 unspecified atom stereocenters. The van der Waals surface area contributed by atoms with Crippen molar-refractivity contribution in [1.82, 2.24) is 10.6 Å². The summed E-state index contributed by atoms with van der Waals surface area (Å²) < 4.78 is 5.43. The van der Waals surface area contributed by atoms with Crippen molar-refractivity contribution in [1.29, 1.82) is 0 Å². The van der Waals surface area contributed by atoms with E-state index in [2.05, 4.69) is 24.5 Å². The van der Waals surface area contributed by atoms with Crippen LogP contribution in [0.5, 0.6) is 0 Å². The molecule has 4 heteroatoms. The minimum atomic E-state index is -0.0995. The first kappa shape index (κ1) is 18.0. The molecule has 1 aliphatic heterocycles. The summed E-state index contributed by atoms with van der Waals surface area (Å²) in [6.45, 7) is 7.58. The van der Waals surface area contributed by atoms with Crippen molar-refractivity contribution in [2.24, 2.45) is 11.3 Å². The molecule has 4 nitrogen and oxygen atoms in total. The number of benzene rings is 1. The maximum Gasteiger partial charge on any atom is 0.227 e. The Morgan fingerprint density at radius 2 is 1.91 bits per heavy atom. The molecule has 0 aliphatic carbocycles. The van der Waals surface area contributed by atoms with Gasteiger partial charge in [0.15, 0.2) is 0 Å². The molecule has 1 fully saturated rings. The summed E-state index contributed by atoms with van der Waals surface area (Å²) in [5.74, 6) is 0.293. The molecule has 1 atom stereocenters. The average molecular weight is 318 g/mol. The number of rotatable bonds is 7. The van der Waals surface area contributed by atoms with Gasteiger partial charge in [0.05, 0.1) is 12.5 Å². The number of amides is 1. The van der Waals surface area contributed by atoms with E-state index in [-0.39, 0.29) is 23.2 Å². The monoisotopic (exact) mass is 318 g/mol. The molecule has 0 aromatic heterocycles. The van der Waals surface area contributed by atoms with Crippen molar-refractivity contribution >= 4 is 5.91 Å². The lowest BCUT2D eigenvalue weighted by Gasteiger charge is -2.37. The van der Waals surface area contributed by atoms with E-state index in [0.29, 0.717) is 13.2 Å². The predicted molar refractivity (Wildman–Crippen MR) is 93.4 cm³/mol. The van der Waals surface area contributed by atoms with E-state index < -0.39 is 0 Å². The zero-order valence-electron chi connectivity index (χ0n) is 14.6. The van der Waals surface area contributed by atoms with Crippen LogP contribution < -0.4 is 10.6 Å². The second-order valence-electron chi connectivity index (χ2n) is 7.03. The van der Waals surface area contributed by atoms with Crippen molar-refractivity contribution in [3.8, 4) is 0 Å². The maximum absolute atomic E-state index is 12.8. The van der Waals surface area contributed by atoms with Crippen LogP contribution in [0.3, 0.4) is 0 Å². The molecule has 1 aromatic rings. The second-order valence-corrected chi connectivity index (χ2v) is 7.03. The molecule has 0 spiro atoms. The number of carbonyl (C=O) groups excluding carboxylic acids is 1. The standard InChI is InChI=1S/C19H30N2O2/c1-15(2)17(16-7-5-4-6-8-16)18(22)21-13-19(14-23-3)9-11-20-12-10-19/h4-8,15,17,20H,9-14H2,1-3H3,(H,21,22). The highest BCUT2D eigenvalue weighted by Gasteiger charge is 2.34. The van der Waals surface area contributed by atoms with Gasteiger partial charge < -0.3 is 15.4 Å². The van der Waals surface area contributed by atoms with Crippen molar-refractivity contribution < 1.29 is 9.53 Å². The molecular weight excluding hydrogens is 288 g/mol. The maximum atomic E-state index is 12.8. The number of methoxy groups -OCH3 is 1. The number of hydrogen-bond acceptors (Lipinski definition) is 3. The largest absolute Gasteiger partial charge is 0.384 e. The predicted octanol–water partition coefficient (Wildman–Crippen LogP) is 2.56. The van der Waals surface area contributed by atoms with Gasteiger partial charge in [-0.1, -0.05) is 44.2 Å². The molecule has 1 saturated heterocycles. The fraction of sp³-hybridized carbons (Fsp3) is 0.632. The van der Waals surface area contributed by atoms with E-state index >= 15 is 0 Å².